The molecule has 0 unspecified atom stereocenters. The van der Waals surface area contributed by atoms with Crippen molar-refractivity contribution >= 4 is 35.8 Å². The van der Waals surface area contributed by atoms with Crippen molar-refractivity contribution in [3.8, 4) is 5.75 Å². The van der Waals surface area contributed by atoms with Crippen LogP contribution in [0.5, 0.6) is 5.75 Å². The van der Waals surface area contributed by atoms with E-state index in [1.165, 1.54) is 12.8 Å². The molecule has 2 N–H and O–H groups in total. The van der Waals surface area contributed by atoms with E-state index in [0.29, 0.717) is 6.54 Å². The summed E-state index contributed by atoms with van der Waals surface area (Å²) in [5, 5.41) is 6.11. The number of methoxy groups -OCH3 is 1. The van der Waals surface area contributed by atoms with Crippen LogP contribution in [0.3, 0.4) is 0 Å². The van der Waals surface area contributed by atoms with E-state index >= 15 is 0 Å². The molecule has 2 aromatic rings. The molecule has 0 heterocycles. The number of hydrogen-bond acceptors (Lipinski definition) is 4. The van der Waals surface area contributed by atoms with Gasteiger partial charge in [-0.25, -0.2) is 0 Å². The number of benzene rings is 2. The van der Waals surface area contributed by atoms with Crippen molar-refractivity contribution in [3.63, 3.8) is 0 Å². The number of hydrogen-bond donors (Lipinski definition) is 2. The molecular formula is C19H23ClN2O2S. The van der Waals surface area contributed by atoms with Gasteiger partial charge in [0.2, 0.25) is 5.91 Å². The summed E-state index contributed by atoms with van der Waals surface area (Å²) in [6.07, 6.45) is 2.59. The lowest BCUT2D eigenvalue weighted by atomic mass is 10.3. The standard InChI is InChI=1S/C19H22N2O2S.ClH/c1-23-16-6-10-18(11-7-16)24-17-8-4-15(5-9-17)21-19(22)13-20-12-14-2-3-14;/h4-11,14,20H,2-3,12-13H2,1H3,(H,21,22);1H. The molecule has 0 aliphatic heterocycles. The van der Waals surface area contributed by atoms with E-state index in [-0.39, 0.29) is 18.3 Å². The summed E-state index contributed by atoms with van der Waals surface area (Å²) in [6.45, 7) is 1.32. The molecule has 0 radical (unpaired) electrons. The molecule has 134 valence electrons. The summed E-state index contributed by atoms with van der Waals surface area (Å²) in [5.74, 6) is 1.64. The lowest BCUT2D eigenvalue weighted by Crippen LogP contribution is -2.29. The number of nitrogens with one attached hydrogen (secondary N) is 2. The largest absolute Gasteiger partial charge is 0.497 e. The first-order chi connectivity index (χ1) is 11.7. The fourth-order valence-electron chi connectivity index (χ4n) is 2.30. The molecule has 6 heteroatoms. The van der Waals surface area contributed by atoms with Gasteiger partial charge in [0.25, 0.3) is 0 Å². The fourth-order valence-corrected chi connectivity index (χ4v) is 3.12. The summed E-state index contributed by atoms with van der Waals surface area (Å²) in [5.41, 5.74) is 0.826. The average molecular weight is 379 g/mol. The van der Waals surface area contributed by atoms with Crippen LogP contribution in [-0.4, -0.2) is 26.1 Å². The third-order valence-electron chi connectivity index (χ3n) is 3.85. The van der Waals surface area contributed by atoms with Gasteiger partial charge in [0.15, 0.2) is 0 Å². The van der Waals surface area contributed by atoms with Gasteiger partial charge in [0.05, 0.1) is 13.7 Å². The fraction of sp³-hybridized carbons (Fsp3) is 0.316. The summed E-state index contributed by atoms with van der Waals surface area (Å²) >= 11 is 1.68. The highest BCUT2D eigenvalue weighted by atomic mass is 35.5. The highest BCUT2D eigenvalue weighted by Crippen LogP contribution is 2.30. The zero-order valence-electron chi connectivity index (χ0n) is 14.2. The minimum absolute atomic E-state index is 0. The molecule has 1 saturated carbocycles. The number of anilines is 1. The number of amides is 1. The van der Waals surface area contributed by atoms with Crippen LogP contribution >= 0.6 is 24.2 Å². The SMILES string of the molecule is COc1ccc(Sc2ccc(NC(=O)CNCC3CC3)cc2)cc1.Cl. The Morgan fingerprint density at radius 2 is 1.68 bits per heavy atom. The maximum Gasteiger partial charge on any atom is 0.238 e. The number of halogens is 1. The van der Waals surface area contributed by atoms with Gasteiger partial charge in [-0.15, -0.1) is 12.4 Å². The number of carbonyl (C=O) groups is 1. The summed E-state index contributed by atoms with van der Waals surface area (Å²) in [4.78, 5) is 14.1. The zero-order chi connectivity index (χ0) is 16.8. The van der Waals surface area contributed by atoms with E-state index in [9.17, 15) is 4.79 Å². The lowest BCUT2D eigenvalue weighted by Gasteiger charge is -2.08. The molecule has 25 heavy (non-hydrogen) atoms. The lowest BCUT2D eigenvalue weighted by molar-refractivity contribution is -0.115. The van der Waals surface area contributed by atoms with Gasteiger partial charge in [0, 0.05) is 15.5 Å². The predicted molar refractivity (Wildman–Crippen MR) is 105 cm³/mol. The first kappa shape index (κ1) is 19.6. The van der Waals surface area contributed by atoms with E-state index in [2.05, 4.69) is 10.6 Å². The Morgan fingerprint density at radius 3 is 2.24 bits per heavy atom. The Bertz CT molecular complexity index is 673. The molecule has 1 fully saturated rings. The van der Waals surface area contributed by atoms with Gasteiger partial charge in [-0.05, 0) is 73.8 Å². The van der Waals surface area contributed by atoms with E-state index in [0.717, 1.165) is 33.7 Å². The quantitative estimate of drug-likeness (QED) is 0.722. The zero-order valence-corrected chi connectivity index (χ0v) is 15.8. The molecule has 0 saturated heterocycles. The van der Waals surface area contributed by atoms with Gasteiger partial charge in [-0.3, -0.25) is 4.79 Å². The number of ether oxygens (including phenoxy) is 1. The van der Waals surface area contributed by atoms with Crippen molar-refractivity contribution in [2.45, 2.75) is 22.6 Å². The van der Waals surface area contributed by atoms with Crippen molar-refractivity contribution < 1.29 is 9.53 Å². The molecule has 0 spiro atoms. The molecule has 2 aromatic carbocycles. The number of rotatable bonds is 8. The maximum atomic E-state index is 11.9. The minimum atomic E-state index is 0. The maximum absolute atomic E-state index is 11.9. The Hall–Kier alpha value is -1.69. The van der Waals surface area contributed by atoms with Gasteiger partial charge >= 0.3 is 0 Å². The van der Waals surface area contributed by atoms with Crippen LogP contribution in [0, 0.1) is 5.92 Å². The molecular weight excluding hydrogens is 356 g/mol. The second-order valence-corrected chi connectivity index (χ2v) is 7.07. The van der Waals surface area contributed by atoms with Gasteiger partial charge in [0.1, 0.15) is 5.75 Å². The van der Waals surface area contributed by atoms with Crippen LogP contribution in [0.2, 0.25) is 0 Å². The van der Waals surface area contributed by atoms with Gasteiger partial charge in [-0.1, -0.05) is 11.8 Å². The average Bonchev–Trinajstić information content (AvgIpc) is 3.42. The summed E-state index contributed by atoms with van der Waals surface area (Å²) in [7, 11) is 1.66. The highest BCUT2D eigenvalue weighted by Gasteiger charge is 2.20. The van der Waals surface area contributed by atoms with Crippen molar-refractivity contribution in [2.75, 3.05) is 25.5 Å². The minimum Gasteiger partial charge on any atom is -0.497 e. The number of carbonyl (C=O) groups excluding carboxylic acids is 1. The van der Waals surface area contributed by atoms with Gasteiger partial charge < -0.3 is 15.4 Å². The van der Waals surface area contributed by atoms with Crippen molar-refractivity contribution in [3.05, 3.63) is 48.5 Å². The highest BCUT2D eigenvalue weighted by molar-refractivity contribution is 7.99. The van der Waals surface area contributed by atoms with Crippen LogP contribution < -0.4 is 15.4 Å². The predicted octanol–water partition coefficient (Wildman–Crippen LogP) is 4.21. The van der Waals surface area contributed by atoms with E-state index in [1.54, 1.807) is 18.9 Å². The Morgan fingerprint density at radius 1 is 1.08 bits per heavy atom. The molecule has 1 amide bonds. The molecule has 3 rings (SSSR count). The summed E-state index contributed by atoms with van der Waals surface area (Å²) < 4.78 is 5.16. The van der Waals surface area contributed by atoms with Crippen molar-refractivity contribution in [1.29, 1.82) is 0 Å². The third-order valence-corrected chi connectivity index (χ3v) is 4.86. The van der Waals surface area contributed by atoms with E-state index in [1.807, 2.05) is 48.5 Å². The monoisotopic (exact) mass is 378 g/mol. The molecule has 0 aromatic heterocycles. The van der Waals surface area contributed by atoms with Gasteiger partial charge in [-0.2, -0.15) is 0 Å². The van der Waals surface area contributed by atoms with Crippen LogP contribution in [0.4, 0.5) is 5.69 Å². The van der Waals surface area contributed by atoms with Crippen LogP contribution in [0.1, 0.15) is 12.8 Å². The Kier molecular flexibility index (Phi) is 7.62. The normalized spacial score (nSPS) is 13.0. The third kappa shape index (κ3) is 6.61. The van der Waals surface area contributed by atoms with Crippen LogP contribution in [-0.2, 0) is 4.79 Å². The molecule has 0 bridgehead atoms. The molecule has 1 aliphatic rings. The topological polar surface area (TPSA) is 50.4 Å². The smallest absolute Gasteiger partial charge is 0.238 e. The van der Waals surface area contributed by atoms with Crippen LogP contribution in [0.25, 0.3) is 0 Å². The first-order valence-corrected chi connectivity index (χ1v) is 8.97. The molecule has 4 nitrogen and oxygen atoms in total. The Labute approximate surface area is 159 Å². The molecule has 1 aliphatic carbocycles. The van der Waals surface area contributed by atoms with Crippen molar-refractivity contribution in [1.82, 2.24) is 5.32 Å². The second kappa shape index (κ2) is 9.70. The first-order valence-electron chi connectivity index (χ1n) is 8.15. The Balaban J connectivity index is 0.00000225. The van der Waals surface area contributed by atoms with Crippen molar-refractivity contribution in [2.24, 2.45) is 5.92 Å². The van der Waals surface area contributed by atoms with E-state index in [4.69, 9.17) is 4.74 Å². The second-order valence-electron chi connectivity index (χ2n) is 5.92. The summed E-state index contributed by atoms with van der Waals surface area (Å²) in [6, 6.07) is 15.9. The molecule has 0 atom stereocenters. The van der Waals surface area contributed by atoms with Crippen LogP contribution in [0.15, 0.2) is 58.3 Å². The van der Waals surface area contributed by atoms with E-state index < -0.39 is 0 Å².